The normalized spacial score (nSPS) is 16.5. The summed E-state index contributed by atoms with van der Waals surface area (Å²) in [5, 5.41) is 0. The Kier molecular flexibility index (Phi) is 6.23. The number of hydrogen-bond acceptors (Lipinski definition) is 3. The second-order valence-electron chi connectivity index (χ2n) is 6.40. The molecule has 1 unspecified atom stereocenters. The fraction of sp³-hybridized carbons (Fsp3) is 0.381. The van der Waals surface area contributed by atoms with Crippen LogP contribution in [0.5, 0.6) is 5.75 Å². The van der Waals surface area contributed by atoms with Gasteiger partial charge in [-0.15, -0.1) is 0 Å². The summed E-state index contributed by atoms with van der Waals surface area (Å²) in [5.41, 5.74) is 1.50. The molecule has 1 atom stereocenters. The van der Waals surface area contributed by atoms with E-state index in [0.29, 0.717) is 25.3 Å². The molecule has 138 valence electrons. The van der Waals surface area contributed by atoms with Gasteiger partial charge < -0.3 is 14.4 Å². The molecule has 5 heteroatoms. The molecule has 1 amide bonds. The smallest absolute Gasteiger partial charge is 0.254 e. The van der Waals surface area contributed by atoms with Crippen LogP contribution in [0.15, 0.2) is 48.5 Å². The van der Waals surface area contributed by atoms with Crippen molar-refractivity contribution in [3.05, 3.63) is 65.5 Å². The summed E-state index contributed by atoms with van der Waals surface area (Å²) in [6.45, 7) is 4.20. The SMILES string of the molecule is CCOc1ccc(C(=O)N(Cc2ccc(F)cc2)CC2CCCO2)cc1. The maximum Gasteiger partial charge on any atom is 0.254 e. The summed E-state index contributed by atoms with van der Waals surface area (Å²) >= 11 is 0. The Morgan fingerprint density at radius 3 is 2.54 bits per heavy atom. The fourth-order valence-corrected chi connectivity index (χ4v) is 3.11. The Labute approximate surface area is 153 Å². The van der Waals surface area contributed by atoms with Crippen LogP contribution in [-0.4, -0.2) is 36.7 Å². The Balaban J connectivity index is 1.76. The molecule has 2 aromatic rings. The van der Waals surface area contributed by atoms with Crippen molar-refractivity contribution in [2.24, 2.45) is 0 Å². The molecule has 3 rings (SSSR count). The molecule has 1 saturated heterocycles. The molecule has 0 spiro atoms. The third kappa shape index (κ3) is 4.82. The van der Waals surface area contributed by atoms with Gasteiger partial charge in [0.1, 0.15) is 11.6 Å². The number of benzene rings is 2. The average molecular weight is 357 g/mol. The maximum atomic E-state index is 13.2. The van der Waals surface area contributed by atoms with Gasteiger partial charge in [0.2, 0.25) is 0 Å². The van der Waals surface area contributed by atoms with E-state index in [1.807, 2.05) is 6.92 Å². The monoisotopic (exact) mass is 357 g/mol. The maximum absolute atomic E-state index is 13.2. The molecular weight excluding hydrogens is 333 g/mol. The molecule has 1 fully saturated rings. The number of carbonyl (C=O) groups excluding carboxylic acids is 1. The van der Waals surface area contributed by atoms with Crippen LogP contribution < -0.4 is 4.74 Å². The lowest BCUT2D eigenvalue weighted by Gasteiger charge is -2.26. The van der Waals surface area contributed by atoms with Crippen LogP contribution in [0.4, 0.5) is 4.39 Å². The fourth-order valence-electron chi connectivity index (χ4n) is 3.11. The Morgan fingerprint density at radius 1 is 1.19 bits per heavy atom. The highest BCUT2D eigenvalue weighted by atomic mass is 19.1. The molecule has 0 aromatic heterocycles. The van der Waals surface area contributed by atoms with Crippen LogP contribution in [0.2, 0.25) is 0 Å². The van der Waals surface area contributed by atoms with E-state index < -0.39 is 0 Å². The van der Waals surface area contributed by atoms with Crippen LogP contribution in [0.3, 0.4) is 0 Å². The van der Waals surface area contributed by atoms with Crippen molar-refractivity contribution in [2.75, 3.05) is 19.8 Å². The highest BCUT2D eigenvalue weighted by Gasteiger charge is 2.23. The number of ether oxygens (including phenoxy) is 2. The average Bonchev–Trinajstić information content (AvgIpc) is 3.16. The van der Waals surface area contributed by atoms with Crippen molar-refractivity contribution in [2.45, 2.75) is 32.4 Å². The zero-order valence-corrected chi connectivity index (χ0v) is 15.0. The Hall–Kier alpha value is -2.40. The molecule has 1 heterocycles. The third-order valence-electron chi connectivity index (χ3n) is 4.43. The zero-order valence-electron chi connectivity index (χ0n) is 15.0. The number of nitrogens with zero attached hydrogens (tertiary/aromatic N) is 1. The van der Waals surface area contributed by atoms with E-state index >= 15 is 0 Å². The number of carbonyl (C=O) groups is 1. The molecular formula is C21H24FNO3. The molecule has 26 heavy (non-hydrogen) atoms. The van der Waals surface area contributed by atoms with E-state index in [4.69, 9.17) is 9.47 Å². The molecule has 1 aliphatic rings. The quantitative estimate of drug-likeness (QED) is 0.750. The first-order chi connectivity index (χ1) is 12.7. The Bertz CT molecular complexity index is 709. The van der Waals surface area contributed by atoms with Crippen LogP contribution in [0, 0.1) is 5.82 Å². The van der Waals surface area contributed by atoms with E-state index in [2.05, 4.69) is 0 Å². The second kappa shape index (κ2) is 8.81. The highest BCUT2D eigenvalue weighted by molar-refractivity contribution is 5.94. The van der Waals surface area contributed by atoms with Crippen LogP contribution in [-0.2, 0) is 11.3 Å². The molecule has 0 aliphatic carbocycles. The van der Waals surface area contributed by atoms with Crippen LogP contribution in [0.25, 0.3) is 0 Å². The molecule has 1 aliphatic heterocycles. The first-order valence-electron chi connectivity index (χ1n) is 9.04. The summed E-state index contributed by atoms with van der Waals surface area (Å²) in [7, 11) is 0. The van der Waals surface area contributed by atoms with Crippen molar-refractivity contribution in [1.29, 1.82) is 0 Å². The molecule has 0 saturated carbocycles. The number of rotatable bonds is 7. The molecule has 0 N–H and O–H groups in total. The minimum atomic E-state index is -0.280. The summed E-state index contributed by atoms with van der Waals surface area (Å²) in [5.74, 6) is 0.401. The molecule has 0 radical (unpaired) electrons. The van der Waals surface area contributed by atoms with E-state index in [0.717, 1.165) is 30.8 Å². The summed E-state index contributed by atoms with van der Waals surface area (Å²) in [4.78, 5) is 14.8. The van der Waals surface area contributed by atoms with Crippen molar-refractivity contribution < 1.29 is 18.7 Å². The predicted molar refractivity (Wildman–Crippen MR) is 97.7 cm³/mol. The van der Waals surface area contributed by atoms with Crippen LogP contribution >= 0.6 is 0 Å². The van der Waals surface area contributed by atoms with Gasteiger partial charge in [-0.1, -0.05) is 12.1 Å². The summed E-state index contributed by atoms with van der Waals surface area (Å²) in [6.07, 6.45) is 2.03. The van der Waals surface area contributed by atoms with Crippen molar-refractivity contribution >= 4 is 5.91 Å². The topological polar surface area (TPSA) is 38.8 Å². The lowest BCUT2D eigenvalue weighted by molar-refractivity contribution is 0.0507. The van der Waals surface area contributed by atoms with Gasteiger partial charge in [0.25, 0.3) is 5.91 Å². The molecule has 2 aromatic carbocycles. The first-order valence-corrected chi connectivity index (χ1v) is 9.04. The lowest BCUT2D eigenvalue weighted by Crippen LogP contribution is -2.37. The van der Waals surface area contributed by atoms with E-state index in [-0.39, 0.29) is 17.8 Å². The summed E-state index contributed by atoms with van der Waals surface area (Å²) in [6, 6.07) is 13.4. The number of hydrogen-bond donors (Lipinski definition) is 0. The Morgan fingerprint density at radius 2 is 1.92 bits per heavy atom. The molecule has 4 nitrogen and oxygen atoms in total. The minimum Gasteiger partial charge on any atom is -0.494 e. The summed E-state index contributed by atoms with van der Waals surface area (Å²) < 4.78 is 24.3. The van der Waals surface area contributed by atoms with Gasteiger partial charge >= 0.3 is 0 Å². The number of halogens is 1. The largest absolute Gasteiger partial charge is 0.494 e. The van der Waals surface area contributed by atoms with E-state index in [1.165, 1.54) is 12.1 Å². The van der Waals surface area contributed by atoms with Crippen LogP contribution in [0.1, 0.15) is 35.7 Å². The van der Waals surface area contributed by atoms with Gasteiger partial charge in [-0.3, -0.25) is 4.79 Å². The van der Waals surface area contributed by atoms with Gasteiger partial charge in [-0.25, -0.2) is 4.39 Å². The predicted octanol–water partition coefficient (Wildman–Crippen LogP) is 4.05. The van der Waals surface area contributed by atoms with E-state index in [1.54, 1.807) is 41.3 Å². The van der Waals surface area contributed by atoms with Crippen molar-refractivity contribution in [3.8, 4) is 5.75 Å². The number of amides is 1. The first kappa shape index (κ1) is 18.4. The van der Waals surface area contributed by atoms with Gasteiger partial charge in [0.15, 0.2) is 0 Å². The minimum absolute atomic E-state index is 0.0575. The third-order valence-corrected chi connectivity index (χ3v) is 4.43. The van der Waals surface area contributed by atoms with Gasteiger partial charge in [-0.05, 0) is 61.7 Å². The zero-order chi connectivity index (χ0) is 18.4. The molecule has 0 bridgehead atoms. The van der Waals surface area contributed by atoms with Gasteiger partial charge in [0.05, 0.1) is 12.7 Å². The highest BCUT2D eigenvalue weighted by Crippen LogP contribution is 2.19. The second-order valence-corrected chi connectivity index (χ2v) is 6.40. The van der Waals surface area contributed by atoms with Crippen molar-refractivity contribution in [3.63, 3.8) is 0 Å². The van der Waals surface area contributed by atoms with Crippen molar-refractivity contribution in [1.82, 2.24) is 4.90 Å². The standard InChI is InChI=1S/C21H24FNO3/c1-2-25-19-11-7-17(8-12-19)21(24)23(15-20-4-3-13-26-20)14-16-5-9-18(22)10-6-16/h5-12,20H,2-4,13-15H2,1H3. The lowest BCUT2D eigenvalue weighted by atomic mass is 10.1. The van der Waals surface area contributed by atoms with Gasteiger partial charge in [-0.2, -0.15) is 0 Å². The van der Waals surface area contributed by atoms with E-state index in [9.17, 15) is 9.18 Å². The van der Waals surface area contributed by atoms with Gasteiger partial charge in [0, 0.05) is 25.3 Å².